The van der Waals surface area contributed by atoms with Gasteiger partial charge in [0.1, 0.15) is 6.10 Å². The number of nitrogens with zero attached hydrogens (tertiary/aromatic N) is 3. The largest absolute Gasteiger partial charge is 0.467 e. The number of hydrogen-bond acceptors (Lipinski definition) is 6. The van der Waals surface area contributed by atoms with Crippen molar-refractivity contribution in [1.82, 2.24) is 14.9 Å². The van der Waals surface area contributed by atoms with Crippen molar-refractivity contribution < 1.29 is 9.53 Å². The first kappa shape index (κ1) is 17.6. The molecule has 1 fully saturated rings. The molecule has 0 spiro atoms. The molecule has 0 aliphatic carbocycles. The number of thiazole rings is 2. The third-order valence-corrected chi connectivity index (χ3v) is 6.88. The van der Waals surface area contributed by atoms with E-state index in [0.29, 0.717) is 13.1 Å². The average molecular weight is 410 g/mol. The van der Waals surface area contributed by atoms with E-state index < -0.39 is 0 Å². The highest BCUT2D eigenvalue weighted by Gasteiger charge is 2.25. The summed E-state index contributed by atoms with van der Waals surface area (Å²) in [5.74, 6) is 0.0874. The van der Waals surface area contributed by atoms with Gasteiger partial charge in [0.15, 0.2) is 0 Å². The van der Waals surface area contributed by atoms with Crippen LogP contribution in [0.2, 0.25) is 0 Å². The van der Waals surface area contributed by atoms with Gasteiger partial charge in [0, 0.05) is 31.5 Å². The lowest BCUT2D eigenvalue weighted by atomic mass is 10.1. The van der Waals surface area contributed by atoms with Crippen LogP contribution in [0.1, 0.15) is 28.8 Å². The molecule has 3 heterocycles. The van der Waals surface area contributed by atoms with Gasteiger partial charge in [-0.3, -0.25) is 4.79 Å². The number of aryl methyl sites for hydroxylation is 1. The first-order valence-electron chi connectivity index (χ1n) is 9.33. The van der Waals surface area contributed by atoms with E-state index in [1.165, 1.54) is 5.56 Å². The van der Waals surface area contributed by atoms with Crippen LogP contribution in [0, 0.1) is 6.92 Å². The number of para-hydroxylation sites is 1. The molecule has 1 aliphatic heterocycles. The van der Waals surface area contributed by atoms with Crippen molar-refractivity contribution in [1.29, 1.82) is 0 Å². The molecule has 0 N–H and O–H groups in total. The number of benzene rings is 2. The van der Waals surface area contributed by atoms with Gasteiger partial charge in [0.25, 0.3) is 11.1 Å². The van der Waals surface area contributed by atoms with Gasteiger partial charge in [-0.15, -0.1) is 11.3 Å². The van der Waals surface area contributed by atoms with Gasteiger partial charge in [0.2, 0.25) is 0 Å². The van der Waals surface area contributed by atoms with Crippen LogP contribution in [0.25, 0.3) is 20.4 Å². The summed E-state index contributed by atoms with van der Waals surface area (Å²) in [5, 5.41) is 0.727. The molecule has 0 saturated carbocycles. The Hall–Kier alpha value is -2.51. The summed E-state index contributed by atoms with van der Waals surface area (Å²) >= 11 is 3.15. The fraction of sp³-hybridized carbons (Fsp3) is 0.286. The molecule has 7 heteroatoms. The van der Waals surface area contributed by atoms with Crippen LogP contribution in [0.4, 0.5) is 0 Å². The minimum Gasteiger partial charge on any atom is -0.467 e. The van der Waals surface area contributed by atoms with Crippen molar-refractivity contribution in [3.8, 4) is 5.19 Å². The molecule has 1 amide bonds. The fourth-order valence-corrected chi connectivity index (χ4v) is 5.28. The first-order chi connectivity index (χ1) is 13.7. The average Bonchev–Trinajstić information content (AvgIpc) is 3.34. The van der Waals surface area contributed by atoms with Gasteiger partial charge in [0.05, 0.1) is 25.9 Å². The third kappa shape index (κ3) is 3.25. The zero-order valence-corrected chi connectivity index (χ0v) is 17.1. The van der Waals surface area contributed by atoms with Crippen LogP contribution in [-0.2, 0) is 0 Å². The topological polar surface area (TPSA) is 55.3 Å². The minimum atomic E-state index is 0.0874. The number of carbonyl (C=O) groups is 1. The van der Waals surface area contributed by atoms with Crippen LogP contribution in [0.15, 0.2) is 41.9 Å². The van der Waals surface area contributed by atoms with E-state index in [9.17, 15) is 4.79 Å². The number of hydrogen-bond donors (Lipinski definition) is 0. The van der Waals surface area contributed by atoms with E-state index in [1.54, 1.807) is 22.7 Å². The highest BCUT2D eigenvalue weighted by Crippen LogP contribution is 2.31. The summed E-state index contributed by atoms with van der Waals surface area (Å²) in [5.41, 5.74) is 5.68. The summed E-state index contributed by atoms with van der Waals surface area (Å²) in [4.78, 5) is 23.7. The lowest BCUT2D eigenvalue weighted by Crippen LogP contribution is -2.41. The summed E-state index contributed by atoms with van der Waals surface area (Å²) in [6, 6.07) is 11.9. The van der Waals surface area contributed by atoms with Crippen LogP contribution in [0.5, 0.6) is 5.19 Å². The smallest absolute Gasteiger partial charge is 0.274 e. The molecule has 5 rings (SSSR count). The molecular formula is C21H19N3O2S2. The Kier molecular flexibility index (Phi) is 4.49. The molecule has 1 aliphatic rings. The van der Waals surface area contributed by atoms with Crippen molar-refractivity contribution in [2.24, 2.45) is 0 Å². The van der Waals surface area contributed by atoms with E-state index in [4.69, 9.17) is 4.74 Å². The zero-order valence-electron chi connectivity index (χ0n) is 15.4. The molecule has 2 aromatic heterocycles. The van der Waals surface area contributed by atoms with Crippen molar-refractivity contribution in [3.63, 3.8) is 0 Å². The van der Waals surface area contributed by atoms with E-state index in [-0.39, 0.29) is 12.0 Å². The predicted molar refractivity (Wildman–Crippen MR) is 114 cm³/mol. The van der Waals surface area contributed by atoms with Gasteiger partial charge in [-0.05, 0) is 36.8 Å². The van der Waals surface area contributed by atoms with Gasteiger partial charge in [-0.25, -0.2) is 9.97 Å². The van der Waals surface area contributed by atoms with Crippen LogP contribution >= 0.6 is 22.7 Å². The Morgan fingerprint density at radius 1 is 1.18 bits per heavy atom. The van der Waals surface area contributed by atoms with Crippen molar-refractivity contribution in [2.75, 3.05) is 13.1 Å². The van der Waals surface area contributed by atoms with Gasteiger partial charge < -0.3 is 9.64 Å². The second-order valence-electron chi connectivity index (χ2n) is 7.05. The van der Waals surface area contributed by atoms with E-state index in [0.717, 1.165) is 44.0 Å². The Labute approximate surface area is 170 Å². The molecular weight excluding hydrogens is 390 g/mol. The van der Waals surface area contributed by atoms with Crippen molar-refractivity contribution >= 4 is 49.0 Å². The number of amides is 1. The summed E-state index contributed by atoms with van der Waals surface area (Å²) < 4.78 is 8.34. The van der Waals surface area contributed by atoms with Gasteiger partial charge >= 0.3 is 0 Å². The number of fused-ring (bicyclic) bond motifs is 2. The maximum atomic E-state index is 12.8. The highest BCUT2D eigenvalue weighted by molar-refractivity contribution is 7.20. The molecule has 0 unspecified atom stereocenters. The van der Waals surface area contributed by atoms with E-state index >= 15 is 0 Å². The molecule has 142 valence electrons. The number of rotatable bonds is 3. The Morgan fingerprint density at radius 2 is 2.04 bits per heavy atom. The molecule has 2 aromatic carbocycles. The molecule has 0 bridgehead atoms. The second-order valence-corrected chi connectivity index (χ2v) is 8.93. The zero-order chi connectivity index (χ0) is 19.1. The normalized spacial score (nSPS) is 15.4. The maximum absolute atomic E-state index is 12.8. The molecule has 0 radical (unpaired) electrons. The Morgan fingerprint density at radius 3 is 2.86 bits per heavy atom. The van der Waals surface area contributed by atoms with Crippen molar-refractivity contribution in [2.45, 2.75) is 25.9 Å². The Balaban J connectivity index is 1.24. The predicted octanol–water partition coefficient (Wildman–Crippen LogP) is 4.90. The number of carbonyl (C=O) groups excluding carboxylic acids is 1. The molecule has 1 saturated heterocycles. The van der Waals surface area contributed by atoms with Crippen molar-refractivity contribution in [3.05, 3.63) is 53.0 Å². The SMILES string of the molecule is Cc1cccc2sc(OC3CCN(C(=O)c4ccc5ncsc5c4)CC3)nc12. The highest BCUT2D eigenvalue weighted by atomic mass is 32.1. The number of aromatic nitrogens is 2. The summed E-state index contributed by atoms with van der Waals surface area (Å²) in [6.07, 6.45) is 1.75. The maximum Gasteiger partial charge on any atom is 0.274 e. The molecule has 28 heavy (non-hydrogen) atoms. The number of ether oxygens (including phenoxy) is 1. The summed E-state index contributed by atoms with van der Waals surface area (Å²) in [6.45, 7) is 3.47. The number of piperidine rings is 1. The standard InChI is InChI=1S/C21H19N3O2S2/c1-13-3-2-4-17-19(13)23-21(28-17)26-15-7-9-24(10-8-15)20(25)14-5-6-16-18(11-14)27-12-22-16/h2-6,11-12,15H,7-10H2,1H3. The minimum absolute atomic E-state index is 0.0874. The number of likely N-dealkylation sites (tertiary alicyclic amines) is 1. The molecule has 0 atom stereocenters. The van der Waals surface area contributed by atoms with Crippen LogP contribution in [0.3, 0.4) is 0 Å². The Bertz CT molecular complexity index is 1160. The van der Waals surface area contributed by atoms with Gasteiger partial charge in [-0.1, -0.05) is 23.5 Å². The van der Waals surface area contributed by atoms with E-state index in [1.807, 2.05) is 34.7 Å². The summed E-state index contributed by atoms with van der Waals surface area (Å²) in [7, 11) is 0. The fourth-order valence-electron chi connectivity index (χ4n) is 3.61. The van der Waals surface area contributed by atoms with Crippen LogP contribution in [-0.4, -0.2) is 40.0 Å². The molecule has 5 nitrogen and oxygen atoms in total. The monoisotopic (exact) mass is 409 g/mol. The van der Waals surface area contributed by atoms with Crippen LogP contribution < -0.4 is 4.74 Å². The lowest BCUT2D eigenvalue weighted by molar-refractivity contribution is 0.0595. The molecule has 4 aromatic rings. The quantitative estimate of drug-likeness (QED) is 0.483. The first-order valence-corrected chi connectivity index (χ1v) is 11.0. The van der Waals surface area contributed by atoms with E-state index in [2.05, 4.69) is 29.0 Å². The second kappa shape index (κ2) is 7.14. The third-order valence-electron chi connectivity index (χ3n) is 5.18. The lowest BCUT2D eigenvalue weighted by Gasteiger charge is -2.31. The van der Waals surface area contributed by atoms with Gasteiger partial charge in [-0.2, -0.15) is 0 Å².